The zero-order valence-corrected chi connectivity index (χ0v) is 21.3. The average Bonchev–Trinajstić information content (AvgIpc) is 2.77. The second kappa shape index (κ2) is 13.7. The topological polar surface area (TPSA) is 129 Å². The van der Waals surface area contributed by atoms with Gasteiger partial charge in [0.2, 0.25) is 0 Å². The Labute approximate surface area is 204 Å². The van der Waals surface area contributed by atoms with Crippen LogP contribution in [0, 0.1) is 13.8 Å². The van der Waals surface area contributed by atoms with E-state index in [2.05, 4.69) is 0 Å². The fraction of sp³-hybridized carbons (Fsp3) is 0.435. The van der Waals surface area contributed by atoms with Crippen molar-refractivity contribution in [3.63, 3.8) is 0 Å². The minimum Gasteiger partial charge on any atom is -0.491 e. The van der Waals surface area contributed by atoms with Crippen LogP contribution in [0.3, 0.4) is 0 Å². The minimum atomic E-state index is -2.08. The predicted molar refractivity (Wildman–Crippen MR) is 129 cm³/mol. The van der Waals surface area contributed by atoms with Crippen LogP contribution in [0.15, 0.2) is 24.3 Å². The van der Waals surface area contributed by atoms with Gasteiger partial charge in [-0.3, -0.25) is 4.79 Å². The molecular weight excluding hydrogens is 484 g/mol. The third kappa shape index (κ3) is 7.42. The Morgan fingerprint density at radius 1 is 0.735 bits per heavy atom. The zero-order valence-electron chi connectivity index (χ0n) is 19.6. The van der Waals surface area contributed by atoms with E-state index in [0.29, 0.717) is 58.1 Å². The number of benzene rings is 2. The predicted octanol–water partition coefficient (Wildman–Crippen LogP) is 3.03. The Bertz CT molecular complexity index is 972. The molecule has 2 aromatic carbocycles. The lowest BCUT2D eigenvalue weighted by Gasteiger charge is -2.19. The first-order valence-electron chi connectivity index (χ1n) is 10.4. The van der Waals surface area contributed by atoms with Gasteiger partial charge in [0.05, 0.1) is 24.7 Å². The summed E-state index contributed by atoms with van der Waals surface area (Å²) in [6.07, 6.45) is 0. The number of carbonyl (C=O) groups is 1. The van der Waals surface area contributed by atoms with Gasteiger partial charge < -0.3 is 28.1 Å². The van der Waals surface area contributed by atoms with Crippen LogP contribution < -0.4 is 9.47 Å². The molecule has 0 aliphatic heterocycles. The summed E-state index contributed by atoms with van der Waals surface area (Å²) in [5, 5.41) is 0. The molecule has 188 valence electrons. The molecule has 9 nitrogen and oxygen atoms in total. The molecule has 0 aromatic heterocycles. The number of methoxy groups -OCH3 is 2. The molecule has 0 amide bonds. The molecule has 2 unspecified atom stereocenters. The number of ketones is 1. The van der Waals surface area contributed by atoms with Crippen LogP contribution >= 0.6 is 0 Å². The first kappa shape index (κ1) is 28.1. The molecule has 0 radical (unpaired) electrons. The summed E-state index contributed by atoms with van der Waals surface area (Å²) in [6, 6.07) is 6.41. The quantitative estimate of drug-likeness (QED) is 0.222. The molecule has 0 spiro atoms. The monoisotopic (exact) mass is 514 g/mol. The molecule has 0 saturated carbocycles. The Balaban J connectivity index is 2.52. The fourth-order valence-corrected chi connectivity index (χ4v) is 4.47. The second-order valence-electron chi connectivity index (χ2n) is 7.40. The first-order chi connectivity index (χ1) is 16.2. The van der Waals surface area contributed by atoms with Crippen molar-refractivity contribution in [1.29, 1.82) is 0 Å². The Hall–Kier alpha value is -2.15. The van der Waals surface area contributed by atoms with Crippen molar-refractivity contribution in [3.8, 4) is 11.5 Å². The Kier molecular flexibility index (Phi) is 11.3. The van der Waals surface area contributed by atoms with Crippen LogP contribution in [0.1, 0.15) is 38.2 Å². The first-order valence-corrected chi connectivity index (χ1v) is 12.9. The maximum Gasteiger partial charge on any atom is 0.193 e. The number of rotatable bonds is 14. The van der Waals surface area contributed by atoms with Gasteiger partial charge in [-0.05, 0) is 13.8 Å². The van der Waals surface area contributed by atoms with Gasteiger partial charge in [0.15, 0.2) is 27.9 Å². The van der Waals surface area contributed by atoms with Crippen LogP contribution in [0.5, 0.6) is 11.5 Å². The van der Waals surface area contributed by atoms with Gasteiger partial charge in [0, 0.05) is 47.6 Å². The maximum atomic E-state index is 13.5. The van der Waals surface area contributed by atoms with Crippen LogP contribution in [0.2, 0.25) is 0 Å². The lowest BCUT2D eigenvalue weighted by molar-refractivity contribution is 0.103. The second-order valence-corrected chi connectivity index (χ2v) is 9.26. The van der Waals surface area contributed by atoms with Gasteiger partial charge in [0.1, 0.15) is 24.7 Å². The highest BCUT2D eigenvalue weighted by atomic mass is 32.2. The van der Waals surface area contributed by atoms with E-state index in [9.17, 15) is 22.3 Å². The molecule has 2 atom stereocenters. The standard InChI is InChI=1S/C23H30O9S2/c1-15-19(7-5-17(13-33(25)26)22(15)31-11-9-29-3)21(24)20-8-6-18(14-34(27)28)23(16(20)2)32-12-10-30-4/h5-8H,9-14H2,1-4H3,(H,25,26)(H,27,28). The fourth-order valence-electron chi connectivity index (χ4n) is 3.48. The van der Waals surface area contributed by atoms with Gasteiger partial charge >= 0.3 is 0 Å². The highest BCUT2D eigenvalue weighted by Gasteiger charge is 2.23. The number of ether oxygens (including phenoxy) is 4. The summed E-state index contributed by atoms with van der Waals surface area (Å²) in [6.45, 7) is 4.48. The average molecular weight is 515 g/mol. The molecule has 34 heavy (non-hydrogen) atoms. The van der Waals surface area contributed by atoms with E-state index in [1.165, 1.54) is 14.2 Å². The molecule has 0 fully saturated rings. The Morgan fingerprint density at radius 2 is 1.12 bits per heavy atom. The van der Waals surface area contributed by atoms with Crippen molar-refractivity contribution in [1.82, 2.24) is 0 Å². The van der Waals surface area contributed by atoms with E-state index in [4.69, 9.17) is 18.9 Å². The van der Waals surface area contributed by atoms with Gasteiger partial charge in [-0.2, -0.15) is 0 Å². The molecular formula is C23H30O9S2. The lowest BCUT2D eigenvalue weighted by Crippen LogP contribution is -2.14. The summed E-state index contributed by atoms with van der Waals surface area (Å²) < 4.78 is 63.1. The molecule has 2 rings (SSSR count). The molecule has 2 N–H and O–H groups in total. The molecule has 0 heterocycles. The number of carbonyl (C=O) groups excluding carboxylic acids is 1. The summed E-state index contributed by atoms with van der Waals surface area (Å²) in [4.78, 5) is 13.5. The molecule has 11 heteroatoms. The maximum absolute atomic E-state index is 13.5. The van der Waals surface area contributed by atoms with Crippen molar-refractivity contribution >= 4 is 27.9 Å². The molecule has 0 aliphatic carbocycles. The van der Waals surface area contributed by atoms with E-state index in [1.54, 1.807) is 38.1 Å². The SMILES string of the molecule is COCCOc1c(CS(=O)O)ccc(C(=O)c2ccc(CS(=O)O)c(OCCOC)c2C)c1C. The molecule has 0 saturated heterocycles. The molecule has 2 aromatic rings. The van der Waals surface area contributed by atoms with Gasteiger partial charge in [-0.1, -0.05) is 24.3 Å². The van der Waals surface area contributed by atoms with E-state index in [1.807, 2.05) is 0 Å². The van der Waals surface area contributed by atoms with Crippen LogP contribution in [0.4, 0.5) is 0 Å². The third-order valence-corrected chi connectivity index (χ3v) is 6.21. The smallest absolute Gasteiger partial charge is 0.193 e. The summed E-state index contributed by atoms with van der Waals surface area (Å²) in [7, 11) is 3.07. The van der Waals surface area contributed by atoms with Crippen molar-refractivity contribution in [2.75, 3.05) is 40.6 Å². The lowest BCUT2D eigenvalue weighted by atomic mass is 9.93. The van der Waals surface area contributed by atoms with Crippen molar-refractivity contribution in [2.45, 2.75) is 25.4 Å². The number of hydrogen-bond donors (Lipinski definition) is 2. The molecule has 0 aliphatic rings. The van der Waals surface area contributed by atoms with Crippen molar-refractivity contribution in [3.05, 3.63) is 57.6 Å². The van der Waals surface area contributed by atoms with E-state index < -0.39 is 22.2 Å². The van der Waals surface area contributed by atoms with Crippen molar-refractivity contribution in [2.24, 2.45) is 0 Å². The third-order valence-electron chi connectivity index (χ3n) is 5.09. The molecule has 0 bridgehead atoms. The van der Waals surface area contributed by atoms with Crippen LogP contribution in [-0.4, -0.2) is 64.0 Å². The van der Waals surface area contributed by atoms with Crippen LogP contribution in [0.25, 0.3) is 0 Å². The minimum absolute atomic E-state index is 0.138. The number of hydrogen-bond acceptors (Lipinski definition) is 7. The van der Waals surface area contributed by atoms with Crippen molar-refractivity contribution < 1.29 is 41.3 Å². The highest BCUT2D eigenvalue weighted by Crippen LogP contribution is 2.33. The van der Waals surface area contributed by atoms with Crippen LogP contribution in [-0.2, 0) is 43.1 Å². The van der Waals surface area contributed by atoms with E-state index in [0.717, 1.165) is 0 Å². The van der Waals surface area contributed by atoms with Gasteiger partial charge in [0.25, 0.3) is 0 Å². The highest BCUT2D eigenvalue weighted by molar-refractivity contribution is 7.78. The zero-order chi connectivity index (χ0) is 25.3. The van der Waals surface area contributed by atoms with Gasteiger partial charge in [-0.25, -0.2) is 8.42 Å². The van der Waals surface area contributed by atoms with E-state index >= 15 is 0 Å². The largest absolute Gasteiger partial charge is 0.491 e. The summed E-state index contributed by atoms with van der Waals surface area (Å²) in [5.74, 6) is 0.164. The Morgan fingerprint density at radius 3 is 1.44 bits per heavy atom. The van der Waals surface area contributed by atoms with Gasteiger partial charge in [-0.15, -0.1) is 0 Å². The van der Waals surface area contributed by atoms with E-state index in [-0.39, 0.29) is 30.5 Å². The summed E-state index contributed by atoms with van der Waals surface area (Å²) >= 11 is -4.17. The summed E-state index contributed by atoms with van der Waals surface area (Å²) in [5.41, 5.74) is 2.81. The normalized spacial score (nSPS) is 12.9.